The fourth-order valence-corrected chi connectivity index (χ4v) is 2.88. The van der Waals surface area contributed by atoms with E-state index in [1.54, 1.807) is 0 Å². The normalized spacial score (nSPS) is 14.1. The summed E-state index contributed by atoms with van der Waals surface area (Å²) in [5.41, 5.74) is 6.26. The topological polar surface area (TPSA) is 20.2 Å². The lowest BCUT2D eigenvalue weighted by Crippen LogP contribution is -2.26. The first-order valence-electron chi connectivity index (χ1n) is 7.16. The van der Waals surface area contributed by atoms with Gasteiger partial charge in [-0.25, -0.2) is 0 Å². The molecule has 1 atom stereocenters. The van der Waals surface area contributed by atoms with Crippen LogP contribution in [0.25, 0.3) is 0 Å². The lowest BCUT2D eigenvalue weighted by atomic mass is 9.83. The number of rotatable bonds is 3. The maximum atomic E-state index is 11.0. The Labute approximate surface area is 122 Å². The molecule has 0 bridgehead atoms. The van der Waals surface area contributed by atoms with E-state index in [9.17, 15) is 5.11 Å². The number of aryl methyl sites for hydroxylation is 4. The van der Waals surface area contributed by atoms with Crippen molar-refractivity contribution in [3.05, 3.63) is 69.8 Å². The van der Waals surface area contributed by atoms with Gasteiger partial charge >= 0.3 is 0 Å². The van der Waals surface area contributed by atoms with Gasteiger partial charge in [-0.1, -0.05) is 42.0 Å². The molecule has 0 heterocycles. The standard InChI is InChI=1S/C19H24O/c1-13-9-10-16(4)18(11-13)19(5,20)12-17-14(2)7-6-8-15(17)3/h6-11,20H,12H2,1-5H3. The van der Waals surface area contributed by atoms with Gasteiger partial charge < -0.3 is 5.11 Å². The Morgan fingerprint density at radius 2 is 1.50 bits per heavy atom. The average molecular weight is 268 g/mol. The summed E-state index contributed by atoms with van der Waals surface area (Å²) in [5.74, 6) is 0. The van der Waals surface area contributed by atoms with Crippen molar-refractivity contribution >= 4 is 0 Å². The second-order valence-corrected chi connectivity index (χ2v) is 6.14. The summed E-state index contributed by atoms with van der Waals surface area (Å²) >= 11 is 0. The highest BCUT2D eigenvalue weighted by atomic mass is 16.3. The van der Waals surface area contributed by atoms with E-state index < -0.39 is 5.60 Å². The first kappa shape index (κ1) is 14.8. The van der Waals surface area contributed by atoms with Crippen LogP contribution in [0.15, 0.2) is 36.4 Å². The molecule has 0 aliphatic heterocycles. The molecule has 0 aliphatic rings. The molecule has 0 aromatic heterocycles. The van der Waals surface area contributed by atoms with Gasteiger partial charge in [-0.05, 0) is 62.4 Å². The molecule has 1 unspecified atom stereocenters. The van der Waals surface area contributed by atoms with E-state index in [1.165, 1.54) is 22.3 Å². The van der Waals surface area contributed by atoms with Gasteiger partial charge in [-0.3, -0.25) is 0 Å². The van der Waals surface area contributed by atoms with Crippen molar-refractivity contribution in [2.75, 3.05) is 0 Å². The second kappa shape index (κ2) is 5.41. The minimum absolute atomic E-state index is 0.649. The van der Waals surface area contributed by atoms with Crippen LogP contribution in [0.3, 0.4) is 0 Å². The number of hydrogen-bond donors (Lipinski definition) is 1. The largest absolute Gasteiger partial charge is 0.385 e. The van der Waals surface area contributed by atoms with Gasteiger partial charge in [-0.15, -0.1) is 0 Å². The molecule has 0 saturated heterocycles. The van der Waals surface area contributed by atoms with Crippen LogP contribution >= 0.6 is 0 Å². The fourth-order valence-electron chi connectivity index (χ4n) is 2.88. The zero-order valence-electron chi connectivity index (χ0n) is 13.1. The van der Waals surface area contributed by atoms with E-state index in [-0.39, 0.29) is 0 Å². The molecule has 0 radical (unpaired) electrons. The van der Waals surface area contributed by atoms with Crippen LogP contribution in [-0.2, 0) is 12.0 Å². The van der Waals surface area contributed by atoms with Crippen LogP contribution in [0.2, 0.25) is 0 Å². The Morgan fingerprint density at radius 3 is 2.10 bits per heavy atom. The summed E-state index contributed by atoms with van der Waals surface area (Å²) < 4.78 is 0. The predicted octanol–water partition coefficient (Wildman–Crippen LogP) is 4.37. The summed E-state index contributed by atoms with van der Waals surface area (Å²) in [6.45, 7) is 10.3. The maximum Gasteiger partial charge on any atom is 0.0911 e. The Balaban J connectivity index is 2.43. The summed E-state index contributed by atoms with van der Waals surface area (Å²) in [6, 6.07) is 12.6. The number of aliphatic hydroxyl groups is 1. The van der Waals surface area contributed by atoms with Gasteiger partial charge in [0.25, 0.3) is 0 Å². The summed E-state index contributed by atoms with van der Waals surface area (Å²) in [4.78, 5) is 0. The maximum absolute atomic E-state index is 11.0. The first-order valence-corrected chi connectivity index (χ1v) is 7.16. The molecule has 0 spiro atoms. The molecule has 0 aliphatic carbocycles. The van der Waals surface area contributed by atoms with E-state index in [1.807, 2.05) is 6.92 Å². The highest BCUT2D eigenvalue weighted by Crippen LogP contribution is 2.30. The van der Waals surface area contributed by atoms with Crippen LogP contribution in [0.4, 0.5) is 0 Å². The molecule has 1 heteroatoms. The van der Waals surface area contributed by atoms with Crippen LogP contribution in [0, 0.1) is 27.7 Å². The van der Waals surface area contributed by atoms with Crippen LogP contribution in [-0.4, -0.2) is 5.11 Å². The van der Waals surface area contributed by atoms with E-state index in [0.29, 0.717) is 6.42 Å². The molecule has 0 fully saturated rings. The molecule has 0 amide bonds. The van der Waals surface area contributed by atoms with Crippen molar-refractivity contribution in [2.45, 2.75) is 46.6 Å². The van der Waals surface area contributed by atoms with Gasteiger partial charge in [0.2, 0.25) is 0 Å². The van der Waals surface area contributed by atoms with Crippen LogP contribution < -0.4 is 0 Å². The molecule has 20 heavy (non-hydrogen) atoms. The third kappa shape index (κ3) is 2.94. The van der Waals surface area contributed by atoms with E-state index >= 15 is 0 Å². The third-order valence-corrected chi connectivity index (χ3v) is 4.14. The predicted molar refractivity (Wildman–Crippen MR) is 85.1 cm³/mol. The van der Waals surface area contributed by atoms with Crippen molar-refractivity contribution in [1.29, 1.82) is 0 Å². The Morgan fingerprint density at radius 1 is 0.900 bits per heavy atom. The molecule has 0 saturated carbocycles. The molecular formula is C19H24O. The van der Waals surface area contributed by atoms with Gasteiger partial charge in [0, 0.05) is 6.42 Å². The minimum atomic E-state index is -0.840. The molecule has 1 nitrogen and oxygen atoms in total. The quantitative estimate of drug-likeness (QED) is 0.876. The summed E-state index contributed by atoms with van der Waals surface area (Å²) in [6.07, 6.45) is 0.649. The highest BCUT2D eigenvalue weighted by molar-refractivity contribution is 5.39. The zero-order chi connectivity index (χ0) is 14.9. The SMILES string of the molecule is Cc1ccc(C)c(C(C)(O)Cc2c(C)cccc2C)c1. The first-order chi connectivity index (χ1) is 9.31. The number of hydrogen-bond acceptors (Lipinski definition) is 1. The lowest BCUT2D eigenvalue weighted by Gasteiger charge is -2.28. The van der Waals surface area contributed by atoms with Crippen LogP contribution in [0.1, 0.15) is 40.3 Å². The highest BCUT2D eigenvalue weighted by Gasteiger charge is 2.26. The van der Waals surface area contributed by atoms with Gasteiger partial charge in [-0.2, -0.15) is 0 Å². The van der Waals surface area contributed by atoms with Crippen molar-refractivity contribution in [1.82, 2.24) is 0 Å². The minimum Gasteiger partial charge on any atom is -0.385 e. The Hall–Kier alpha value is -1.60. The molecule has 106 valence electrons. The smallest absolute Gasteiger partial charge is 0.0911 e. The van der Waals surface area contributed by atoms with Crippen molar-refractivity contribution in [3.8, 4) is 0 Å². The van der Waals surface area contributed by atoms with Crippen molar-refractivity contribution in [2.24, 2.45) is 0 Å². The summed E-state index contributed by atoms with van der Waals surface area (Å²) in [7, 11) is 0. The molecule has 2 rings (SSSR count). The van der Waals surface area contributed by atoms with Crippen LogP contribution in [0.5, 0.6) is 0 Å². The fraction of sp³-hybridized carbons (Fsp3) is 0.368. The van der Waals surface area contributed by atoms with E-state index in [4.69, 9.17) is 0 Å². The molecule has 2 aromatic rings. The monoisotopic (exact) mass is 268 g/mol. The molecule has 2 aromatic carbocycles. The van der Waals surface area contributed by atoms with E-state index in [2.05, 4.69) is 64.1 Å². The summed E-state index contributed by atoms with van der Waals surface area (Å²) in [5, 5.41) is 11.0. The number of benzene rings is 2. The second-order valence-electron chi connectivity index (χ2n) is 6.14. The van der Waals surface area contributed by atoms with Crippen molar-refractivity contribution in [3.63, 3.8) is 0 Å². The average Bonchev–Trinajstić information content (AvgIpc) is 2.37. The van der Waals surface area contributed by atoms with E-state index in [0.717, 1.165) is 11.1 Å². The molecule has 1 N–H and O–H groups in total. The lowest BCUT2D eigenvalue weighted by molar-refractivity contribution is 0.0566. The Bertz CT molecular complexity index is 603. The van der Waals surface area contributed by atoms with Crippen molar-refractivity contribution < 1.29 is 5.11 Å². The van der Waals surface area contributed by atoms with Gasteiger partial charge in [0.1, 0.15) is 0 Å². The van der Waals surface area contributed by atoms with Gasteiger partial charge in [0.15, 0.2) is 0 Å². The zero-order valence-corrected chi connectivity index (χ0v) is 13.1. The Kier molecular flexibility index (Phi) is 4.01. The van der Waals surface area contributed by atoms with Gasteiger partial charge in [0.05, 0.1) is 5.60 Å². The molecular weight excluding hydrogens is 244 g/mol. The third-order valence-electron chi connectivity index (χ3n) is 4.14.